The number of rotatable bonds is 56. The summed E-state index contributed by atoms with van der Waals surface area (Å²) in [6.07, 6.45) is 60.9. The van der Waals surface area contributed by atoms with Crippen molar-refractivity contribution in [1.82, 2.24) is 0 Å². The summed E-state index contributed by atoms with van der Waals surface area (Å²) in [5.74, 6) is 0.0647. The fourth-order valence-electron chi connectivity index (χ4n) is 9.42. The first kappa shape index (κ1) is 65.4. The molecule has 0 radical (unpaired) electrons. The molecule has 6 nitrogen and oxygen atoms in total. The molecule has 0 aliphatic heterocycles. The van der Waals surface area contributed by atoms with Crippen molar-refractivity contribution in [1.29, 1.82) is 0 Å². The molecule has 398 valence electrons. The van der Waals surface area contributed by atoms with Crippen LogP contribution in [0.15, 0.2) is 0 Å². The summed E-state index contributed by atoms with van der Waals surface area (Å²) < 4.78 is 16.9. The van der Waals surface area contributed by atoms with Gasteiger partial charge in [0.2, 0.25) is 0 Å². The predicted molar refractivity (Wildman–Crippen MR) is 289 cm³/mol. The van der Waals surface area contributed by atoms with Gasteiger partial charge in [0.1, 0.15) is 13.2 Å². The van der Waals surface area contributed by atoms with Crippen LogP contribution < -0.4 is 0 Å². The Morgan fingerprint density at radius 3 is 0.776 bits per heavy atom. The van der Waals surface area contributed by atoms with Crippen LogP contribution in [-0.4, -0.2) is 37.2 Å². The molecule has 0 aromatic heterocycles. The Morgan fingerprint density at radius 1 is 0.299 bits per heavy atom. The first-order valence-corrected chi connectivity index (χ1v) is 30.4. The van der Waals surface area contributed by atoms with E-state index in [0.29, 0.717) is 19.3 Å². The number of carbonyl (C=O) groups is 3. The van der Waals surface area contributed by atoms with Crippen molar-refractivity contribution in [3.05, 3.63) is 0 Å². The molecule has 0 heterocycles. The van der Waals surface area contributed by atoms with Gasteiger partial charge in [0.15, 0.2) is 6.10 Å². The van der Waals surface area contributed by atoms with Gasteiger partial charge in [0.25, 0.3) is 0 Å². The van der Waals surface area contributed by atoms with Crippen LogP contribution in [0.2, 0.25) is 0 Å². The van der Waals surface area contributed by atoms with Crippen molar-refractivity contribution in [3.8, 4) is 0 Å². The zero-order valence-corrected chi connectivity index (χ0v) is 45.9. The average Bonchev–Trinajstić information content (AvgIpc) is 3.33. The molecule has 0 aliphatic carbocycles. The number of hydrogen-bond donors (Lipinski definition) is 0. The maximum Gasteiger partial charge on any atom is 0.306 e. The standard InChI is InChI=1S/C61H118O6/c1-5-8-10-12-14-16-18-20-22-23-24-29-32-36-40-44-48-52-59(62)65-55-58(67-61(64)54-50-46-42-38-34-28-21-19-17-15-13-11-9-6-2)56-66-60(63)53-49-45-41-37-33-30-26-25-27-31-35-39-43-47-51-57(4)7-3/h57-58H,5-56H2,1-4H3/t57?,58-/m1/s1. The molecule has 0 fully saturated rings. The van der Waals surface area contributed by atoms with Gasteiger partial charge in [0, 0.05) is 19.3 Å². The highest BCUT2D eigenvalue weighted by atomic mass is 16.6. The van der Waals surface area contributed by atoms with Crippen molar-refractivity contribution in [2.24, 2.45) is 5.92 Å². The molecule has 6 heteroatoms. The van der Waals surface area contributed by atoms with Crippen molar-refractivity contribution >= 4 is 17.9 Å². The number of carbonyl (C=O) groups excluding carboxylic acids is 3. The van der Waals surface area contributed by atoms with Gasteiger partial charge in [0.05, 0.1) is 0 Å². The van der Waals surface area contributed by atoms with Gasteiger partial charge in [-0.05, 0) is 25.2 Å². The Bertz CT molecular complexity index is 1010. The van der Waals surface area contributed by atoms with Crippen molar-refractivity contribution in [2.45, 2.75) is 355 Å². The Balaban J connectivity index is 4.28. The third-order valence-electron chi connectivity index (χ3n) is 14.4. The summed E-state index contributed by atoms with van der Waals surface area (Å²) in [5.41, 5.74) is 0. The van der Waals surface area contributed by atoms with E-state index < -0.39 is 6.10 Å². The maximum absolute atomic E-state index is 12.9. The maximum atomic E-state index is 12.9. The molecule has 0 spiro atoms. The van der Waals surface area contributed by atoms with Gasteiger partial charge >= 0.3 is 17.9 Å². The largest absolute Gasteiger partial charge is 0.462 e. The molecule has 0 rings (SSSR count). The van der Waals surface area contributed by atoms with Gasteiger partial charge in [-0.25, -0.2) is 0 Å². The number of esters is 3. The van der Waals surface area contributed by atoms with E-state index in [1.807, 2.05) is 0 Å². The molecule has 0 aromatic carbocycles. The van der Waals surface area contributed by atoms with Crippen LogP contribution in [0.4, 0.5) is 0 Å². The van der Waals surface area contributed by atoms with Gasteiger partial charge < -0.3 is 14.2 Å². The number of hydrogen-bond acceptors (Lipinski definition) is 6. The molecule has 2 atom stereocenters. The van der Waals surface area contributed by atoms with E-state index in [1.165, 1.54) is 244 Å². The predicted octanol–water partition coefficient (Wildman–Crippen LogP) is 20.2. The number of unbranched alkanes of at least 4 members (excludes halogenated alkanes) is 42. The lowest BCUT2D eigenvalue weighted by Gasteiger charge is -2.18. The molecule has 0 saturated heterocycles. The van der Waals surface area contributed by atoms with E-state index in [1.54, 1.807) is 0 Å². The molecule has 0 N–H and O–H groups in total. The van der Waals surface area contributed by atoms with Crippen LogP contribution in [0.1, 0.15) is 349 Å². The van der Waals surface area contributed by atoms with E-state index in [9.17, 15) is 14.4 Å². The summed E-state index contributed by atoms with van der Waals surface area (Å²) >= 11 is 0. The molecule has 0 amide bonds. The SMILES string of the molecule is CCCCCCCCCCCCCCCCCCCC(=O)OC[C@H](COC(=O)CCCCCCCCCCCCCCCCC(C)CC)OC(=O)CCCCCCCCCCCCCCCC. The Labute approximate surface area is 418 Å². The van der Waals surface area contributed by atoms with E-state index in [4.69, 9.17) is 14.2 Å². The summed E-state index contributed by atoms with van der Waals surface area (Å²) in [4.78, 5) is 38.2. The monoisotopic (exact) mass is 947 g/mol. The second kappa shape index (κ2) is 55.3. The normalized spacial score (nSPS) is 12.4. The van der Waals surface area contributed by atoms with E-state index in [2.05, 4.69) is 27.7 Å². The highest BCUT2D eigenvalue weighted by Crippen LogP contribution is 2.19. The molecule has 0 aromatic rings. The van der Waals surface area contributed by atoms with E-state index in [-0.39, 0.29) is 31.1 Å². The van der Waals surface area contributed by atoms with Gasteiger partial charge in [-0.1, -0.05) is 310 Å². The van der Waals surface area contributed by atoms with E-state index in [0.717, 1.165) is 63.7 Å². The zero-order chi connectivity index (χ0) is 48.8. The Morgan fingerprint density at radius 2 is 0.522 bits per heavy atom. The van der Waals surface area contributed by atoms with Crippen LogP contribution in [0.5, 0.6) is 0 Å². The topological polar surface area (TPSA) is 78.9 Å². The van der Waals surface area contributed by atoms with Gasteiger partial charge in [-0.3, -0.25) is 14.4 Å². The van der Waals surface area contributed by atoms with Gasteiger partial charge in [-0.15, -0.1) is 0 Å². The highest BCUT2D eigenvalue weighted by Gasteiger charge is 2.19. The van der Waals surface area contributed by atoms with E-state index >= 15 is 0 Å². The molecule has 0 saturated carbocycles. The molecule has 67 heavy (non-hydrogen) atoms. The number of ether oxygens (including phenoxy) is 3. The lowest BCUT2D eigenvalue weighted by atomic mass is 9.99. The Kier molecular flexibility index (Phi) is 54.0. The van der Waals surface area contributed by atoms with Crippen LogP contribution in [0, 0.1) is 5.92 Å². The minimum atomic E-state index is -0.762. The molecule has 0 aliphatic rings. The molecule has 0 bridgehead atoms. The van der Waals surface area contributed by atoms with Crippen molar-refractivity contribution in [3.63, 3.8) is 0 Å². The summed E-state index contributed by atoms with van der Waals surface area (Å²) in [6.45, 7) is 9.11. The fourth-order valence-corrected chi connectivity index (χ4v) is 9.42. The molecule has 1 unspecified atom stereocenters. The second-order valence-electron chi connectivity index (χ2n) is 21.2. The first-order chi connectivity index (χ1) is 32.9. The fraction of sp³-hybridized carbons (Fsp3) is 0.951. The molecular weight excluding hydrogens is 829 g/mol. The van der Waals surface area contributed by atoms with Crippen LogP contribution in [-0.2, 0) is 28.6 Å². The Hall–Kier alpha value is -1.59. The summed E-state index contributed by atoms with van der Waals surface area (Å²) in [6, 6.07) is 0. The lowest BCUT2D eigenvalue weighted by molar-refractivity contribution is -0.167. The van der Waals surface area contributed by atoms with Crippen molar-refractivity contribution < 1.29 is 28.6 Å². The average molecular weight is 948 g/mol. The summed E-state index contributed by atoms with van der Waals surface area (Å²) in [5, 5.41) is 0. The summed E-state index contributed by atoms with van der Waals surface area (Å²) in [7, 11) is 0. The highest BCUT2D eigenvalue weighted by molar-refractivity contribution is 5.71. The van der Waals surface area contributed by atoms with Crippen LogP contribution in [0.25, 0.3) is 0 Å². The minimum Gasteiger partial charge on any atom is -0.462 e. The van der Waals surface area contributed by atoms with Crippen LogP contribution in [0.3, 0.4) is 0 Å². The van der Waals surface area contributed by atoms with Gasteiger partial charge in [-0.2, -0.15) is 0 Å². The third-order valence-corrected chi connectivity index (χ3v) is 14.4. The zero-order valence-electron chi connectivity index (χ0n) is 45.9. The lowest BCUT2D eigenvalue weighted by Crippen LogP contribution is -2.30. The third kappa shape index (κ3) is 53.6. The van der Waals surface area contributed by atoms with Crippen LogP contribution >= 0.6 is 0 Å². The first-order valence-electron chi connectivity index (χ1n) is 30.4. The smallest absolute Gasteiger partial charge is 0.306 e. The quantitative estimate of drug-likeness (QED) is 0.0343. The second-order valence-corrected chi connectivity index (χ2v) is 21.2. The molecular formula is C61H118O6. The minimum absolute atomic E-state index is 0.0614. The van der Waals surface area contributed by atoms with Crippen molar-refractivity contribution in [2.75, 3.05) is 13.2 Å².